The summed E-state index contributed by atoms with van der Waals surface area (Å²) in [6.07, 6.45) is 0. The fraction of sp³-hybridized carbons (Fsp3) is 0. The van der Waals surface area contributed by atoms with Crippen molar-refractivity contribution >= 4 is 0 Å². The van der Waals surface area contributed by atoms with Crippen LogP contribution >= 0.6 is 0 Å². The maximum atomic E-state index is 0. The van der Waals surface area contributed by atoms with Gasteiger partial charge in [0, 0.05) is 668 Å². The van der Waals surface area contributed by atoms with Crippen LogP contribution < -0.4 is 0 Å². The second kappa shape index (κ2) is 384. The Morgan fingerprint density at radius 2 is 0.0278 bits per heavy atom. The monoisotopic (exact) mass is 1830 g/mol. The van der Waals surface area contributed by atoms with Gasteiger partial charge < -0.3 is 0 Å². The van der Waals surface area contributed by atoms with Crippen molar-refractivity contribution in [2.45, 2.75) is 0 Å². The van der Waals surface area contributed by atoms with Crippen LogP contribution in [0.3, 0.4) is 0 Å². The average Bonchev–Trinajstić information content (AvgIpc) is 0. The van der Waals surface area contributed by atoms with Crippen LogP contribution in [-0.4, -0.2) is 0 Å². The molecule has 0 atom stereocenters. The normalized spacial score (nSPS) is 0. The maximum absolute atomic E-state index is 0. The van der Waals surface area contributed by atoms with Gasteiger partial charge in [-0.2, -0.15) is 0 Å². The Labute approximate surface area is 650 Å². The molecule has 0 aromatic carbocycles. The van der Waals surface area contributed by atoms with Gasteiger partial charge in [0.1, 0.15) is 0 Å². The zero-order chi connectivity index (χ0) is 0. The predicted molar refractivity (Wildman–Crippen MR) is 0 cm³/mol. The molecule has 0 unspecified atom stereocenters. The largest absolute Gasteiger partial charge is 0 e. The molecule has 0 aromatic heterocycles. The second-order valence-corrected chi connectivity index (χ2v) is 0. The molecule has 0 rings (SSSR count). The molecule has 0 aliphatic rings. The summed E-state index contributed by atoms with van der Waals surface area (Å²) in [5.41, 5.74) is 0. The molecule has 0 aliphatic heterocycles. The van der Waals surface area contributed by atoms with Crippen molar-refractivity contribution in [3.8, 4) is 0 Å². The number of rotatable bonds is 0. The quantitative estimate of drug-likeness (QED) is 0.319. The van der Waals surface area contributed by atoms with E-state index in [1.54, 1.807) is 0 Å². The molecular formula is V36. The smallest absolute Gasteiger partial charge is 0 e. The van der Waals surface area contributed by atoms with Gasteiger partial charge in [-0.05, 0) is 0 Å². The molecule has 0 saturated carbocycles. The van der Waals surface area contributed by atoms with Gasteiger partial charge in [-0.25, -0.2) is 0 Å². The molecule has 0 heterocycles. The minimum Gasteiger partial charge on any atom is 0 e. The van der Waals surface area contributed by atoms with Crippen LogP contribution in [-0.2, 0) is 668 Å². The van der Waals surface area contributed by atoms with E-state index in [4.69, 9.17) is 0 Å². The van der Waals surface area contributed by atoms with Crippen molar-refractivity contribution in [2.24, 2.45) is 0 Å². The Morgan fingerprint density at radius 3 is 0.0278 bits per heavy atom. The molecule has 0 bridgehead atoms. The molecule has 0 N–H and O–H groups in total. The Morgan fingerprint density at radius 1 is 0.0278 bits per heavy atom. The topological polar surface area (TPSA) is 0 Å². The van der Waals surface area contributed by atoms with E-state index in [0.29, 0.717) is 0 Å². The van der Waals surface area contributed by atoms with Crippen molar-refractivity contribution < 1.29 is 668 Å². The summed E-state index contributed by atoms with van der Waals surface area (Å²) in [6.45, 7) is 0. The van der Waals surface area contributed by atoms with E-state index in [-0.39, 0.29) is 668 Å². The zero-order valence-electron chi connectivity index (χ0n) is 16.1. The van der Waals surface area contributed by atoms with E-state index in [1.807, 2.05) is 0 Å². The van der Waals surface area contributed by atoms with Gasteiger partial charge in [0.2, 0.25) is 0 Å². The fourth-order valence-corrected chi connectivity index (χ4v) is 0. The van der Waals surface area contributed by atoms with Gasteiger partial charge in [0.05, 0.1) is 0 Å². The zero-order valence-corrected chi connectivity index (χ0v) is 66.4. The summed E-state index contributed by atoms with van der Waals surface area (Å²) >= 11 is 0. The molecule has 0 fully saturated rings. The Kier molecular flexibility index (Phi) is 4310. The standard InChI is InChI=1S/36V. The van der Waals surface area contributed by atoms with Crippen LogP contribution in [0.15, 0.2) is 0 Å². The van der Waals surface area contributed by atoms with Crippen LogP contribution in [0.5, 0.6) is 0 Å². The van der Waals surface area contributed by atoms with Gasteiger partial charge >= 0.3 is 0 Å². The minimum atomic E-state index is 0. The first-order chi connectivity index (χ1) is 0. The Bertz CT molecular complexity index is 0. The van der Waals surface area contributed by atoms with Gasteiger partial charge in [0.15, 0.2) is 0 Å². The molecule has 0 nitrogen and oxygen atoms in total. The van der Waals surface area contributed by atoms with E-state index < -0.39 is 0 Å². The third-order valence-corrected chi connectivity index (χ3v) is 0. The van der Waals surface area contributed by atoms with Crippen molar-refractivity contribution in [3.63, 3.8) is 0 Å². The fourth-order valence-electron chi connectivity index (χ4n) is 0. The third-order valence-electron chi connectivity index (χ3n) is 0. The van der Waals surface area contributed by atoms with E-state index >= 15 is 0 Å². The number of hydrogen-bond acceptors (Lipinski definition) is 0. The molecule has 36 radical (unpaired) electrons. The molecule has 0 spiro atoms. The van der Waals surface area contributed by atoms with E-state index in [1.165, 1.54) is 0 Å². The Hall–Kier alpha value is 21.0. The molecule has 0 amide bonds. The average molecular weight is 1830 g/mol. The molecule has 36 heavy (non-hydrogen) atoms. The molecular weight excluding hydrogens is 1830 g/mol. The van der Waals surface area contributed by atoms with Crippen LogP contribution in [0, 0.1) is 0 Å². The van der Waals surface area contributed by atoms with Crippen LogP contribution in [0.4, 0.5) is 0 Å². The van der Waals surface area contributed by atoms with E-state index in [0.717, 1.165) is 0 Å². The summed E-state index contributed by atoms with van der Waals surface area (Å²) in [4.78, 5) is 0. The van der Waals surface area contributed by atoms with Crippen LogP contribution in [0.1, 0.15) is 0 Å². The molecule has 36 heteroatoms. The third kappa shape index (κ3) is 363. The maximum Gasteiger partial charge on any atom is 0 e. The van der Waals surface area contributed by atoms with E-state index in [9.17, 15) is 0 Å². The summed E-state index contributed by atoms with van der Waals surface area (Å²) in [5.74, 6) is 0. The van der Waals surface area contributed by atoms with Crippen molar-refractivity contribution in [2.75, 3.05) is 0 Å². The summed E-state index contributed by atoms with van der Waals surface area (Å²) in [6, 6.07) is 0. The molecule has 0 aromatic rings. The molecule has 180 valence electrons. The first-order valence-electron chi connectivity index (χ1n) is 0. The van der Waals surface area contributed by atoms with Crippen molar-refractivity contribution in [1.29, 1.82) is 0 Å². The first-order valence-corrected chi connectivity index (χ1v) is 0. The molecule has 0 aliphatic carbocycles. The minimum absolute atomic E-state index is 0. The summed E-state index contributed by atoms with van der Waals surface area (Å²) in [7, 11) is 0. The summed E-state index contributed by atoms with van der Waals surface area (Å²) < 4.78 is 0. The van der Waals surface area contributed by atoms with Gasteiger partial charge in [-0.15, -0.1) is 0 Å². The van der Waals surface area contributed by atoms with E-state index in [2.05, 4.69) is 0 Å². The predicted octanol–water partition coefficient (Wildman–Crippen LogP) is -0.0900. The second-order valence-electron chi connectivity index (χ2n) is 0. The van der Waals surface area contributed by atoms with Gasteiger partial charge in [-0.3, -0.25) is 0 Å². The van der Waals surface area contributed by atoms with Crippen LogP contribution in [0.2, 0.25) is 0 Å². The van der Waals surface area contributed by atoms with Crippen LogP contribution in [0.25, 0.3) is 0 Å². The number of hydrogen-bond donors (Lipinski definition) is 0. The van der Waals surface area contributed by atoms with Gasteiger partial charge in [-0.1, -0.05) is 0 Å². The first kappa shape index (κ1) is 405. The molecule has 0 saturated heterocycles. The van der Waals surface area contributed by atoms with Gasteiger partial charge in [0.25, 0.3) is 0 Å². The van der Waals surface area contributed by atoms with Crippen molar-refractivity contribution in [1.82, 2.24) is 0 Å². The van der Waals surface area contributed by atoms with Crippen molar-refractivity contribution in [3.05, 3.63) is 0 Å². The Balaban J connectivity index is 0. The SMILES string of the molecule is [V].[V].[V].[V].[V].[V].[V].[V].[V].[V].[V].[V].[V].[V].[V].[V].[V].[V].[V].[V].[V].[V].[V].[V].[V].[V].[V].[V].[V].[V].[V].[V].[V].[V].[V].[V]. The summed E-state index contributed by atoms with van der Waals surface area (Å²) in [5, 5.41) is 0.